The molecule has 3 atom stereocenters. The number of hydrogen-bond acceptors (Lipinski definition) is 4. The third kappa shape index (κ3) is 5.92. The van der Waals surface area contributed by atoms with E-state index >= 15 is 0 Å². The van der Waals surface area contributed by atoms with Gasteiger partial charge in [-0.05, 0) is 37.1 Å². The molecular formula is C22H30N2O5. The first-order valence-corrected chi connectivity index (χ1v) is 9.89. The highest BCUT2D eigenvalue weighted by Gasteiger charge is 2.31. The summed E-state index contributed by atoms with van der Waals surface area (Å²) in [5.74, 6) is -0.634. The number of amides is 2. The molecule has 2 aromatic rings. The van der Waals surface area contributed by atoms with E-state index in [2.05, 4.69) is 10.6 Å². The zero-order chi connectivity index (χ0) is 21.4. The second-order valence-corrected chi connectivity index (χ2v) is 6.86. The number of benzene rings is 2. The number of rotatable bonds is 10. The van der Waals surface area contributed by atoms with Crippen molar-refractivity contribution in [1.82, 2.24) is 10.6 Å². The maximum Gasteiger partial charge on any atom is 0.405 e. The van der Waals surface area contributed by atoms with Gasteiger partial charge in [-0.3, -0.25) is 4.79 Å². The lowest BCUT2D eigenvalue weighted by atomic mass is 9.89. The zero-order valence-corrected chi connectivity index (χ0v) is 17.3. The van der Waals surface area contributed by atoms with Crippen molar-refractivity contribution in [2.75, 3.05) is 13.2 Å². The maximum atomic E-state index is 12.7. The van der Waals surface area contributed by atoms with E-state index in [1.807, 2.05) is 63.2 Å². The van der Waals surface area contributed by atoms with Gasteiger partial charge in [0.15, 0.2) is 6.29 Å². The van der Waals surface area contributed by atoms with Crippen molar-refractivity contribution < 1.29 is 24.2 Å². The average molecular weight is 402 g/mol. The molecule has 0 heterocycles. The van der Waals surface area contributed by atoms with Crippen LogP contribution in [0.15, 0.2) is 42.5 Å². The fraction of sp³-hybridized carbons (Fsp3) is 0.455. The molecule has 2 rings (SSSR count). The van der Waals surface area contributed by atoms with E-state index in [9.17, 15) is 9.59 Å². The number of carbonyl (C=O) groups is 2. The van der Waals surface area contributed by atoms with E-state index in [0.29, 0.717) is 13.2 Å². The topological polar surface area (TPSA) is 96.9 Å². The van der Waals surface area contributed by atoms with Gasteiger partial charge in [-0.25, -0.2) is 4.79 Å². The Hall–Kier alpha value is -2.64. The maximum absolute atomic E-state index is 12.7. The lowest BCUT2D eigenvalue weighted by molar-refractivity contribution is -0.170. The van der Waals surface area contributed by atoms with Gasteiger partial charge in [0.05, 0.1) is 6.04 Å². The predicted molar refractivity (Wildman–Crippen MR) is 112 cm³/mol. The number of fused-ring (bicyclic) bond motifs is 1. The van der Waals surface area contributed by atoms with E-state index in [1.54, 1.807) is 0 Å². The smallest absolute Gasteiger partial charge is 0.405 e. The summed E-state index contributed by atoms with van der Waals surface area (Å²) >= 11 is 0. The van der Waals surface area contributed by atoms with Gasteiger partial charge in [0.2, 0.25) is 5.91 Å². The second-order valence-electron chi connectivity index (χ2n) is 6.86. The summed E-state index contributed by atoms with van der Waals surface area (Å²) in [5, 5.41) is 16.2. The first-order valence-electron chi connectivity index (χ1n) is 9.89. The average Bonchev–Trinajstić information content (AvgIpc) is 2.70. The Morgan fingerprint density at radius 1 is 0.966 bits per heavy atom. The molecule has 0 bridgehead atoms. The lowest BCUT2D eigenvalue weighted by Crippen LogP contribution is -2.48. The largest absolute Gasteiger partial charge is 0.465 e. The van der Waals surface area contributed by atoms with Gasteiger partial charge >= 0.3 is 6.09 Å². The Morgan fingerprint density at radius 3 is 2.21 bits per heavy atom. The first-order chi connectivity index (χ1) is 13.9. The van der Waals surface area contributed by atoms with E-state index in [1.165, 1.54) is 6.92 Å². The summed E-state index contributed by atoms with van der Waals surface area (Å²) in [5.41, 5.74) is 0.927. The van der Waals surface area contributed by atoms with Crippen molar-refractivity contribution in [3.8, 4) is 0 Å². The molecule has 1 unspecified atom stereocenters. The summed E-state index contributed by atoms with van der Waals surface area (Å²) in [4.78, 5) is 23.6. The molecule has 7 heteroatoms. The fourth-order valence-electron chi connectivity index (χ4n) is 3.38. The molecule has 0 spiro atoms. The van der Waals surface area contributed by atoms with Crippen LogP contribution < -0.4 is 10.6 Å². The quantitative estimate of drug-likeness (QED) is 0.527. The molecule has 2 amide bonds. The van der Waals surface area contributed by atoms with Crippen LogP contribution in [0.4, 0.5) is 4.79 Å². The Labute approximate surface area is 171 Å². The van der Waals surface area contributed by atoms with Crippen LogP contribution >= 0.6 is 0 Å². The molecule has 7 nitrogen and oxygen atoms in total. The summed E-state index contributed by atoms with van der Waals surface area (Å²) in [6, 6.07) is 12.5. The van der Waals surface area contributed by atoms with Crippen LogP contribution in [0.5, 0.6) is 0 Å². The fourth-order valence-corrected chi connectivity index (χ4v) is 3.38. The van der Waals surface area contributed by atoms with E-state index in [0.717, 1.165) is 16.3 Å². The Kier molecular flexibility index (Phi) is 8.42. The van der Waals surface area contributed by atoms with Gasteiger partial charge in [-0.1, -0.05) is 49.4 Å². The molecule has 0 aliphatic carbocycles. The van der Waals surface area contributed by atoms with E-state index in [-0.39, 0.29) is 5.92 Å². The third-order valence-electron chi connectivity index (χ3n) is 4.81. The van der Waals surface area contributed by atoms with Crippen LogP contribution in [0.25, 0.3) is 10.8 Å². The highest BCUT2D eigenvalue weighted by Crippen LogP contribution is 2.32. The van der Waals surface area contributed by atoms with Gasteiger partial charge in [-0.15, -0.1) is 0 Å². The molecule has 2 aromatic carbocycles. The standard InChI is InChI=1S/C22H30N2O5/c1-5-28-21(29-6-2)14(3)19(24-20(25)15(4)23-22(26)27)18-13-9-11-16-10-7-8-12-17(16)18/h7-15,19,21,23H,5-6H2,1-4H3,(H,24,25)(H,26,27)/t14-,15-,19?/m0/s1. The van der Waals surface area contributed by atoms with Crippen LogP contribution in [0.1, 0.15) is 39.3 Å². The molecule has 0 aliphatic heterocycles. The highest BCUT2D eigenvalue weighted by atomic mass is 16.7. The number of hydrogen-bond donors (Lipinski definition) is 3. The number of carbonyl (C=O) groups excluding carboxylic acids is 1. The molecule has 0 aromatic heterocycles. The molecule has 0 saturated carbocycles. The minimum Gasteiger partial charge on any atom is -0.465 e. The minimum atomic E-state index is -1.25. The number of ether oxygens (including phenoxy) is 2. The van der Waals surface area contributed by atoms with Crippen molar-refractivity contribution in [3.05, 3.63) is 48.0 Å². The van der Waals surface area contributed by atoms with E-state index in [4.69, 9.17) is 14.6 Å². The van der Waals surface area contributed by atoms with Gasteiger partial charge < -0.3 is 25.2 Å². The Bertz CT molecular complexity index is 814. The van der Waals surface area contributed by atoms with Gasteiger partial charge in [-0.2, -0.15) is 0 Å². The summed E-state index contributed by atoms with van der Waals surface area (Å²) in [7, 11) is 0. The monoisotopic (exact) mass is 402 g/mol. The SMILES string of the molecule is CCOC(OCC)[C@@H](C)C(NC(=O)[C@H](C)NC(=O)O)c1cccc2ccccc12. The van der Waals surface area contributed by atoms with Crippen LogP contribution in [0, 0.1) is 5.92 Å². The molecule has 3 N–H and O–H groups in total. The van der Waals surface area contributed by atoms with Crippen molar-refractivity contribution in [2.45, 2.75) is 46.1 Å². The lowest BCUT2D eigenvalue weighted by Gasteiger charge is -2.33. The molecule has 0 aliphatic rings. The van der Waals surface area contributed by atoms with Crippen LogP contribution in [-0.4, -0.2) is 42.7 Å². The van der Waals surface area contributed by atoms with Crippen molar-refractivity contribution >= 4 is 22.8 Å². The normalized spacial score (nSPS) is 14.4. The third-order valence-corrected chi connectivity index (χ3v) is 4.81. The molecule has 0 fully saturated rings. The number of nitrogens with one attached hydrogen (secondary N) is 2. The van der Waals surface area contributed by atoms with Crippen LogP contribution in [-0.2, 0) is 14.3 Å². The Balaban J connectivity index is 2.44. The van der Waals surface area contributed by atoms with Gasteiger partial charge in [0.1, 0.15) is 6.04 Å². The van der Waals surface area contributed by atoms with Crippen molar-refractivity contribution in [3.63, 3.8) is 0 Å². The summed E-state index contributed by atoms with van der Waals surface area (Å²) in [6.07, 6.45) is -1.76. The number of carboxylic acid groups (broad SMARTS) is 1. The van der Waals surface area contributed by atoms with Crippen LogP contribution in [0.2, 0.25) is 0 Å². The van der Waals surface area contributed by atoms with Crippen molar-refractivity contribution in [1.29, 1.82) is 0 Å². The van der Waals surface area contributed by atoms with Crippen molar-refractivity contribution in [2.24, 2.45) is 5.92 Å². The van der Waals surface area contributed by atoms with Gasteiger partial charge in [0, 0.05) is 19.1 Å². The van der Waals surface area contributed by atoms with Gasteiger partial charge in [0.25, 0.3) is 0 Å². The van der Waals surface area contributed by atoms with E-state index < -0.39 is 30.4 Å². The predicted octanol–water partition coefficient (Wildman–Crippen LogP) is 3.69. The van der Waals surface area contributed by atoms with Crippen LogP contribution in [0.3, 0.4) is 0 Å². The minimum absolute atomic E-state index is 0.221. The summed E-state index contributed by atoms with van der Waals surface area (Å²) < 4.78 is 11.6. The molecule has 0 radical (unpaired) electrons. The second kappa shape index (κ2) is 10.8. The highest BCUT2D eigenvalue weighted by molar-refractivity contribution is 5.88. The Morgan fingerprint density at radius 2 is 1.59 bits per heavy atom. The zero-order valence-electron chi connectivity index (χ0n) is 17.3. The molecule has 29 heavy (non-hydrogen) atoms. The molecule has 0 saturated heterocycles. The summed E-state index contributed by atoms with van der Waals surface area (Å²) in [6.45, 7) is 8.20. The molecule has 158 valence electrons. The molecular weight excluding hydrogens is 372 g/mol. The first kappa shape index (κ1) is 22.6.